The summed E-state index contributed by atoms with van der Waals surface area (Å²) in [6.45, 7) is 10.5. The topological polar surface area (TPSA) is 27.7 Å². The van der Waals surface area contributed by atoms with E-state index in [9.17, 15) is 4.39 Å². The van der Waals surface area contributed by atoms with Crippen LogP contribution in [0.1, 0.15) is 110 Å². The second-order valence-electron chi connectivity index (χ2n) is 8.92. The van der Waals surface area contributed by atoms with E-state index in [0.29, 0.717) is 19.8 Å². The van der Waals surface area contributed by atoms with Crippen LogP contribution in [0.25, 0.3) is 0 Å². The number of unbranched alkanes of at least 4 members (excludes halogenated alkanes) is 5. The molecular weight excluding hydrogens is 403 g/mol. The average Bonchev–Trinajstić information content (AvgIpc) is 2.81. The van der Waals surface area contributed by atoms with E-state index in [1.54, 1.807) is 12.1 Å². The van der Waals surface area contributed by atoms with Crippen LogP contribution in [0.3, 0.4) is 0 Å². The van der Waals surface area contributed by atoms with E-state index in [0.717, 1.165) is 44.9 Å². The molecule has 186 valence electrons. The van der Waals surface area contributed by atoms with Gasteiger partial charge in [-0.15, -0.1) is 0 Å². The Labute approximate surface area is 197 Å². The number of rotatable bonds is 21. The van der Waals surface area contributed by atoms with Gasteiger partial charge in [-0.1, -0.05) is 78.4 Å². The Kier molecular flexibility index (Phi) is 16.8. The van der Waals surface area contributed by atoms with Crippen molar-refractivity contribution in [2.45, 2.75) is 117 Å². The van der Waals surface area contributed by atoms with Gasteiger partial charge in [0.05, 0.1) is 19.8 Å². The number of hydrogen-bond donors (Lipinski definition) is 0. The summed E-state index contributed by atoms with van der Waals surface area (Å²) in [7, 11) is 0. The fourth-order valence-corrected chi connectivity index (χ4v) is 4.08. The third kappa shape index (κ3) is 11.8. The zero-order chi connectivity index (χ0) is 23.5. The maximum Gasteiger partial charge on any atom is 0.285 e. The fraction of sp³-hybridized carbons (Fsp3) is 0.786. The highest BCUT2D eigenvalue weighted by Gasteiger charge is 2.41. The monoisotopic (exact) mass is 452 g/mol. The summed E-state index contributed by atoms with van der Waals surface area (Å²) in [6, 6.07) is 6.87. The Morgan fingerprint density at radius 2 is 1.16 bits per heavy atom. The van der Waals surface area contributed by atoms with Crippen molar-refractivity contribution in [3.8, 4) is 0 Å². The first-order chi connectivity index (χ1) is 15.6. The van der Waals surface area contributed by atoms with Gasteiger partial charge in [0.2, 0.25) is 0 Å². The highest BCUT2D eigenvalue weighted by atomic mass is 19.1. The highest BCUT2D eigenvalue weighted by molar-refractivity contribution is 5.15. The molecule has 0 aliphatic carbocycles. The molecule has 0 fully saturated rings. The molecule has 0 amide bonds. The van der Waals surface area contributed by atoms with E-state index < -0.39 is 5.97 Å². The first kappa shape index (κ1) is 29.1. The molecule has 0 bridgehead atoms. The number of halogens is 1. The molecule has 4 heteroatoms. The van der Waals surface area contributed by atoms with Crippen molar-refractivity contribution < 1.29 is 18.6 Å². The quantitative estimate of drug-likeness (QED) is 0.138. The van der Waals surface area contributed by atoms with Gasteiger partial charge in [0.15, 0.2) is 0 Å². The molecule has 0 radical (unpaired) electrons. The molecule has 1 aromatic rings. The molecule has 1 unspecified atom stereocenters. The second-order valence-corrected chi connectivity index (χ2v) is 8.92. The molecule has 0 saturated heterocycles. The third-order valence-electron chi connectivity index (χ3n) is 5.86. The predicted octanol–water partition coefficient (Wildman–Crippen LogP) is 8.45. The molecular formula is C28H49FO3. The Bertz CT molecular complexity index is 524. The van der Waals surface area contributed by atoms with E-state index in [1.807, 2.05) is 12.1 Å². The van der Waals surface area contributed by atoms with E-state index in [-0.39, 0.29) is 11.7 Å². The number of ether oxygens (including phenoxy) is 3. The van der Waals surface area contributed by atoms with Crippen LogP contribution in [-0.4, -0.2) is 25.8 Å². The number of benzene rings is 1. The van der Waals surface area contributed by atoms with Gasteiger partial charge in [-0.05, 0) is 62.6 Å². The summed E-state index contributed by atoms with van der Waals surface area (Å²) in [5, 5.41) is 0. The molecule has 0 N–H and O–H groups in total. The lowest BCUT2D eigenvalue weighted by molar-refractivity contribution is -0.406. The van der Waals surface area contributed by atoms with Gasteiger partial charge in [-0.3, -0.25) is 0 Å². The van der Waals surface area contributed by atoms with Crippen molar-refractivity contribution in [2.24, 2.45) is 5.92 Å². The lowest BCUT2D eigenvalue weighted by atomic mass is 9.91. The molecule has 0 aromatic heterocycles. The van der Waals surface area contributed by atoms with Crippen LogP contribution >= 0.6 is 0 Å². The Morgan fingerprint density at radius 3 is 1.69 bits per heavy atom. The molecule has 0 aliphatic rings. The van der Waals surface area contributed by atoms with Crippen LogP contribution in [0, 0.1) is 11.7 Å². The zero-order valence-electron chi connectivity index (χ0n) is 21.3. The summed E-state index contributed by atoms with van der Waals surface area (Å²) in [4.78, 5) is 0. The molecule has 3 nitrogen and oxygen atoms in total. The normalized spacial score (nSPS) is 12.9. The lowest BCUT2D eigenvalue weighted by Gasteiger charge is -2.40. The lowest BCUT2D eigenvalue weighted by Crippen LogP contribution is -2.47. The molecule has 1 aromatic carbocycles. The van der Waals surface area contributed by atoms with Crippen molar-refractivity contribution in [3.05, 3.63) is 35.6 Å². The van der Waals surface area contributed by atoms with Crippen molar-refractivity contribution >= 4 is 0 Å². The summed E-state index contributed by atoms with van der Waals surface area (Å²) >= 11 is 0. The summed E-state index contributed by atoms with van der Waals surface area (Å²) in [5.74, 6) is -0.935. The van der Waals surface area contributed by atoms with Gasteiger partial charge < -0.3 is 14.2 Å². The molecule has 0 heterocycles. The molecule has 1 atom stereocenters. The van der Waals surface area contributed by atoms with E-state index in [1.165, 1.54) is 44.1 Å². The SMILES string of the molecule is CCCCCCCCC(CCCc1ccc(F)cc1)C(OCCC)(OCCC)OCCC. The summed E-state index contributed by atoms with van der Waals surface area (Å²) < 4.78 is 32.3. The molecule has 0 spiro atoms. The van der Waals surface area contributed by atoms with Crippen molar-refractivity contribution in [2.75, 3.05) is 19.8 Å². The Hall–Kier alpha value is -0.970. The van der Waals surface area contributed by atoms with Crippen LogP contribution in [-0.2, 0) is 20.6 Å². The van der Waals surface area contributed by atoms with Crippen LogP contribution in [0.2, 0.25) is 0 Å². The molecule has 1 rings (SSSR count). The average molecular weight is 453 g/mol. The van der Waals surface area contributed by atoms with Crippen molar-refractivity contribution in [3.63, 3.8) is 0 Å². The Balaban J connectivity index is 2.88. The van der Waals surface area contributed by atoms with Crippen LogP contribution in [0.15, 0.2) is 24.3 Å². The van der Waals surface area contributed by atoms with E-state index in [4.69, 9.17) is 14.2 Å². The highest BCUT2D eigenvalue weighted by Crippen LogP contribution is 2.35. The number of hydrogen-bond acceptors (Lipinski definition) is 3. The second kappa shape index (κ2) is 18.5. The maximum atomic E-state index is 13.2. The first-order valence-corrected chi connectivity index (χ1v) is 13.3. The standard InChI is InChI=1S/C28H49FO3/c1-5-9-10-11-12-13-16-26(17-14-15-25-18-20-27(29)21-19-25)28(30-22-6-2,31-23-7-3)32-24-8-4/h18-21,26H,5-17,22-24H2,1-4H3. The van der Waals surface area contributed by atoms with E-state index in [2.05, 4.69) is 27.7 Å². The third-order valence-corrected chi connectivity index (χ3v) is 5.86. The zero-order valence-corrected chi connectivity index (χ0v) is 21.3. The smallest absolute Gasteiger partial charge is 0.285 e. The van der Waals surface area contributed by atoms with Gasteiger partial charge in [0.25, 0.3) is 5.97 Å². The van der Waals surface area contributed by atoms with Gasteiger partial charge in [-0.2, -0.15) is 0 Å². The van der Waals surface area contributed by atoms with Crippen molar-refractivity contribution in [1.29, 1.82) is 0 Å². The van der Waals surface area contributed by atoms with E-state index >= 15 is 0 Å². The minimum absolute atomic E-state index is 0.178. The van der Waals surface area contributed by atoms with Crippen LogP contribution in [0.5, 0.6) is 0 Å². The molecule has 32 heavy (non-hydrogen) atoms. The Morgan fingerprint density at radius 1 is 0.656 bits per heavy atom. The predicted molar refractivity (Wildman–Crippen MR) is 132 cm³/mol. The van der Waals surface area contributed by atoms with Gasteiger partial charge in [0.1, 0.15) is 5.82 Å². The van der Waals surface area contributed by atoms with Crippen LogP contribution in [0.4, 0.5) is 4.39 Å². The van der Waals surface area contributed by atoms with Crippen LogP contribution < -0.4 is 0 Å². The largest absolute Gasteiger partial charge is 0.327 e. The first-order valence-electron chi connectivity index (χ1n) is 13.3. The fourth-order valence-electron chi connectivity index (χ4n) is 4.08. The van der Waals surface area contributed by atoms with Gasteiger partial charge in [-0.25, -0.2) is 4.39 Å². The van der Waals surface area contributed by atoms with Gasteiger partial charge >= 0.3 is 0 Å². The molecule has 0 saturated carbocycles. The minimum Gasteiger partial charge on any atom is -0.327 e. The molecule has 0 aliphatic heterocycles. The minimum atomic E-state index is -0.950. The number of aryl methyl sites for hydroxylation is 1. The summed E-state index contributed by atoms with van der Waals surface area (Å²) in [5.41, 5.74) is 1.17. The van der Waals surface area contributed by atoms with Crippen molar-refractivity contribution in [1.82, 2.24) is 0 Å². The maximum absolute atomic E-state index is 13.2. The summed E-state index contributed by atoms with van der Waals surface area (Å²) in [6.07, 6.45) is 14.4. The van der Waals surface area contributed by atoms with Gasteiger partial charge in [0, 0.05) is 5.92 Å².